The van der Waals surface area contributed by atoms with E-state index in [-0.39, 0.29) is 30.6 Å². The average molecular weight is 307 g/mol. The van der Waals surface area contributed by atoms with E-state index in [4.69, 9.17) is 0 Å². The molecule has 0 aliphatic carbocycles. The predicted octanol–water partition coefficient (Wildman–Crippen LogP) is 2.54. The quantitative estimate of drug-likeness (QED) is 0.863. The van der Waals surface area contributed by atoms with Crippen LogP contribution in [0, 0.1) is 5.82 Å². The summed E-state index contributed by atoms with van der Waals surface area (Å²) in [5.41, 5.74) is 1.45. The van der Waals surface area contributed by atoms with Crippen molar-refractivity contribution in [3.63, 3.8) is 0 Å². The number of nitrogens with one attached hydrogen (secondary N) is 1. The van der Waals surface area contributed by atoms with Crippen LogP contribution >= 0.6 is 24.8 Å². The minimum absolute atomic E-state index is 0. The molecule has 0 bridgehead atoms. The zero-order valence-corrected chi connectivity index (χ0v) is 12.2. The van der Waals surface area contributed by atoms with E-state index in [2.05, 4.69) is 22.3 Å². The van der Waals surface area contributed by atoms with Gasteiger partial charge in [-0.1, -0.05) is 6.92 Å². The summed E-state index contributed by atoms with van der Waals surface area (Å²) < 4.78 is 14.6. The van der Waals surface area contributed by atoms with Gasteiger partial charge in [0.15, 0.2) is 0 Å². The lowest BCUT2D eigenvalue weighted by atomic mass is 10.3. The highest BCUT2D eigenvalue weighted by atomic mass is 35.5. The monoisotopic (exact) mass is 306 g/mol. The molecule has 2 aromatic rings. The van der Waals surface area contributed by atoms with Crippen LogP contribution in [0.2, 0.25) is 0 Å². The van der Waals surface area contributed by atoms with Crippen LogP contribution in [-0.4, -0.2) is 27.9 Å². The lowest BCUT2D eigenvalue weighted by Crippen LogP contribution is -2.19. The van der Waals surface area contributed by atoms with Gasteiger partial charge in [-0.15, -0.1) is 24.8 Å². The summed E-state index contributed by atoms with van der Waals surface area (Å²) in [5, 5.41) is 7.60. The molecule has 0 unspecified atom stereocenters. The molecular formula is C12H17Cl2FN4. The van der Waals surface area contributed by atoms with Crippen LogP contribution < -0.4 is 5.32 Å². The van der Waals surface area contributed by atoms with E-state index in [0.717, 1.165) is 25.3 Å². The number of aromatic nitrogens is 3. The maximum Gasteiger partial charge on any atom is 0.141 e. The van der Waals surface area contributed by atoms with Crippen LogP contribution in [0.4, 0.5) is 4.39 Å². The highest BCUT2D eigenvalue weighted by Crippen LogP contribution is 2.13. The fourth-order valence-electron chi connectivity index (χ4n) is 1.52. The zero-order chi connectivity index (χ0) is 12.1. The Bertz CT molecular complexity index is 473. The number of nitrogens with zero attached hydrogens (tertiary/aromatic N) is 3. The number of pyridine rings is 1. The van der Waals surface area contributed by atoms with Crippen LogP contribution in [0.1, 0.15) is 6.92 Å². The molecule has 4 nitrogen and oxygen atoms in total. The minimum atomic E-state index is -0.333. The minimum Gasteiger partial charge on any atom is -0.315 e. The maximum absolute atomic E-state index is 12.7. The maximum atomic E-state index is 12.7. The molecule has 0 aliphatic rings. The van der Waals surface area contributed by atoms with E-state index in [1.807, 2.05) is 16.9 Å². The molecule has 2 heterocycles. The second-order valence-electron chi connectivity index (χ2n) is 3.68. The van der Waals surface area contributed by atoms with Gasteiger partial charge in [0.25, 0.3) is 0 Å². The third kappa shape index (κ3) is 5.14. The average Bonchev–Trinajstić information content (AvgIpc) is 2.79. The molecule has 0 aliphatic heterocycles. The summed E-state index contributed by atoms with van der Waals surface area (Å²) in [7, 11) is 0. The van der Waals surface area contributed by atoms with Crippen molar-refractivity contribution in [3.05, 3.63) is 36.4 Å². The van der Waals surface area contributed by atoms with Crippen LogP contribution in [0.15, 0.2) is 30.6 Å². The molecule has 0 amide bonds. The standard InChI is InChI=1S/C12H15FN4.2ClH/c1-2-14-6-8-17-7-5-12(16-17)11-4-3-10(13)9-15-11;;/h3-5,7,9,14H,2,6,8H2,1H3;2*1H. The number of likely N-dealkylation sites (N-methyl/N-ethyl adjacent to an activating group) is 1. The molecule has 2 rings (SSSR count). The SMILES string of the molecule is CCNCCn1ccc(-c2ccc(F)cn2)n1.Cl.Cl. The summed E-state index contributed by atoms with van der Waals surface area (Å²) in [5.74, 6) is -0.333. The summed E-state index contributed by atoms with van der Waals surface area (Å²) in [6.07, 6.45) is 3.10. The van der Waals surface area contributed by atoms with Crippen LogP contribution in [0.25, 0.3) is 11.4 Å². The van der Waals surface area contributed by atoms with Gasteiger partial charge < -0.3 is 5.32 Å². The van der Waals surface area contributed by atoms with E-state index < -0.39 is 0 Å². The molecule has 0 spiro atoms. The smallest absolute Gasteiger partial charge is 0.141 e. The molecule has 0 saturated heterocycles. The highest BCUT2D eigenvalue weighted by Gasteiger charge is 2.03. The van der Waals surface area contributed by atoms with Crippen molar-refractivity contribution in [1.29, 1.82) is 0 Å². The molecular weight excluding hydrogens is 290 g/mol. The van der Waals surface area contributed by atoms with Gasteiger partial charge in [-0.25, -0.2) is 4.39 Å². The van der Waals surface area contributed by atoms with Crippen molar-refractivity contribution in [2.75, 3.05) is 13.1 Å². The molecule has 0 saturated carbocycles. The molecule has 0 radical (unpaired) electrons. The Morgan fingerprint density at radius 1 is 1.21 bits per heavy atom. The normalized spacial score (nSPS) is 9.58. The fourth-order valence-corrected chi connectivity index (χ4v) is 1.52. The Morgan fingerprint density at radius 3 is 2.63 bits per heavy atom. The van der Waals surface area contributed by atoms with Crippen molar-refractivity contribution in [2.24, 2.45) is 0 Å². The Morgan fingerprint density at radius 2 is 2.00 bits per heavy atom. The molecule has 19 heavy (non-hydrogen) atoms. The van der Waals surface area contributed by atoms with E-state index in [1.165, 1.54) is 12.3 Å². The van der Waals surface area contributed by atoms with Crippen LogP contribution in [0.5, 0.6) is 0 Å². The first-order chi connectivity index (χ1) is 8.29. The number of rotatable bonds is 5. The first-order valence-electron chi connectivity index (χ1n) is 5.65. The largest absolute Gasteiger partial charge is 0.315 e. The molecule has 0 atom stereocenters. The van der Waals surface area contributed by atoms with Gasteiger partial charge in [-0.3, -0.25) is 9.67 Å². The fraction of sp³-hybridized carbons (Fsp3) is 0.333. The third-order valence-corrected chi connectivity index (χ3v) is 2.40. The van der Waals surface area contributed by atoms with Gasteiger partial charge in [0, 0.05) is 12.7 Å². The van der Waals surface area contributed by atoms with Gasteiger partial charge in [-0.05, 0) is 24.7 Å². The van der Waals surface area contributed by atoms with Crippen molar-refractivity contribution in [2.45, 2.75) is 13.5 Å². The predicted molar refractivity (Wildman–Crippen MR) is 78.5 cm³/mol. The van der Waals surface area contributed by atoms with Gasteiger partial charge in [0.1, 0.15) is 11.5 Å². The summed E-state index contributed by atoms with van der Waals surface area (Å²) >= 11 is 0. The van der Waals surface area contributed by atoms with E-state index in [0.29, 0.717) is 5.69 Å². The number of hydrogen-bond acceptors (Lipinski definition) is 3. The second kappa shape index (κ2) is 8.85. The van der Waals surface area contributed by atoms with Gasteiger partial charge in [-0.2, -0.15) is 5.10 Å². The van der Waals surface area contributed by atoms with E-state index in [9.17, 15) is 4.39 Å². The lowest BCUT2D eigenvalue weighted by Gasteiger charge is -2.01. The Hall–Kier alpha value is -1.17. The van der Waals surface area contributed by atoms with Crippen LogP contribution in [-0.2, 0) is 6.54 Å². The first kappa shape index (κ1) is 17.8. The molecule has 2 aromatic heterocycles. The molecule has 0 aromatic carbocycles. The van der Waals surface area contributed by atoms with Gasteiger partial charge in [0.05, 0.1) is 18.4 Å². The van der Waals surface area contributed by atoms with Crippen molar-refractivity contribution in [1.82, 2.24) is 20.1 Å². The highest BCUT2D eigenvalue weighted by molar-refractivity contribution is 5.85. The second-order valence-corrected chi connectivity index (χ2v) is 3.68. The van der Waals surface area contributed by atoms with Gasteiger partial charge in [0.2, 0.25) is 0 Å². The number of hydrogen-bond donors (Lipinski definition) is 1. The Kier molecular flexibility index (Phi) is 8.30. The van der Waals surface area contributed by atoms with E-state index in [1.54, 1.807) is 6.07 Å². The molecule has 7 heteroatoms. The lowest BCUT2D eigenvalue weighted by molar-refractivity contribution is 0.566. The Balaban J connectivity index is 0.00000162. The summed E-state index contributed by atoms with van der Waals surface area (Å²) in [4.78, 5) is 3.99. The summed E-state index contributed by atoms with van der Waals surface area (Å²) in [6, 6.07) is 4.90. The summed E-state index contributed by atoms with van der Waals surface area (Å²) in [6.45, 7) is 4.72. The first-order valence-corrected chi connectivity index (χ1v) is 5.65. The van der Waals surface area contributed by atoms with Crippen molar-refractivity contribution < 1.29 is 4.39 Å². The van der Waals surface area contributed by atoms with Crippen molar-refractivity contribution >= 4 is 24.8 Å². The molecule has 0 fully saturated rings. The zero-order valence-electron chi connectivity index (χ0n) is 10.5. The molecule has 1 N–H and O–H groups in total. The van der Waals surface area contributed by atoms with Gasteiger partial charge >= 0.3 is 0 Å². The van der Waals surface area contributed by atoms with E-state index >= 15 is 0 Å². The van der Waals surface area contributed by atoms with Crippen LogP contribution in [0.3, 0.4) is 0 Å². The molecule has 106 valence electrons. The van der Waals surface area contributed by atoms with Crippen molar-refractivity contribution in [3.8, 4) is 11.4 Å². The number of halogens is 3. The Labute approximate surface area is 124 Å². The third-order valence-electron chi connectivity index (χ3n) is 2.40. The topological polar surface area (TPSA) is 42.7 Å².